The number of ether oxygens (including phenoxy) is 1. The van der Waals surface area contributed by atoms with Crippen LogP contribution in [0.1, 0.15) is 0 Å². The van der Waals surface area contributed by atoms with Crippen LogP contribution in [0.3, 0.4) is 0 Å². The van der Waals surface area contributed by atoms with Crippen molar-refractivity contribution in [2.24, 2.45) is 10.7 Å². The van der Waals surface area contributed by atoms with E-state index >= 15 is 0 Å². The van der Waals surface area contributed by atoms with Gasteiger partial charge in [-0.15, -0.1) is 0 Å². The molecule has 1 heterocycles. The zero-order valence-electron chi connectivity index (χ0n) is 7.23. The van der Waals surface area contributed by atoms with E-state index in [1.165, 1.54) is 0 Å². The highest BCUT2D eigenvalue weighted by Gasteiger charge is 2.20. The van der Waals surface area contributed by atoms with Gasteiger partial charge in [0, 0.05) is 12.0 Å². The zero-order chi connectivity index (χ0) is 9.26. The van der Waals surface area contributed by atoms with Crippen molar-refractivity contribution in [3.05, 3.63) is 24.3 Å². The molecule has 0 saturated carbocycles. The van der Waals surface area contributed by atoms with Crippen LogP contribution < -0.4 is 5.73 Å². The molecule has 0 radical (unpaired) electrons. The molecule has 68 valence electrons. The van der Waals surface area contributed by atoms with Crippen LogP contribution in [0.25, 0.3) is 0 Å². The van der Waals surface area contributed by atoms with Gasteiger partial charge < -0.3 is 10.5 Å². The molecule has 0 spiro atoms. The predicted molar refractivity (Wildman–Crippen MR) is 54.4 cm³/mol. The second-order valence-electron chi connectivity index (χ2n) is 2.69. The maximum atomic E-state index is 5.71. The first kappa shape index (κ1) is 8.59. The van der Waals surface area contributed by atoms with Crippen molar-refractivity contribution in [3.8, 4) is 0 Å². The molecule has 13 heavy (non-hydrogen) atoms. The summed E-state index contributed by atoms with van der Waals surface area (Å²) in [6.07, 6.45) is 0. The lowest BCUT2D eigenvalue weighted by molar-refractivity contribution is 0.219. The van der Waals surface area contributed by atoms with Gasteiger partial charge in [0.2, 0.25) is 0 Å². The molecule has 1 aromatic rings. The van der Waals surface area contributed by atoms with Crippen LogP contribution in [0.15, 0.2) is 34.2 Å². The van der Waals surface area contributed by atoms with Crippen molar-refractivity contribution in [3.63, 3.8) is 0 Å². The summed E-state index contributed by atoms with van der Waals surface area (Å²) in [4.78, 5) is 5.36. The minimum Gasteiger partial charge on any atom is -0.384 e. The number of nitrogens with zero attached hydrogens (tertiary/aromatic N) is 1. The van der Waals surface area contributed by atoms with Crippen molar-refractivity contribution in [1.82, 2.24) is 0 Å². The van der Waals surface area contributed by atoms with Crippen LogP contribution in [-0.4, -0.2) is 18.4 Å². The molecule has 1 aromatic carbocycles. The fourth-order valence-electron chi connectivity index (χ4n) is 1.19. The molecule has 0 fully saturated rings. The Morgan fingerprint density at radius 2 is 2.23 bits per heavy atom. The number of rotatable bonds is 1. The van der Waals surface area contributed by atoms with Crippen LogP contribution in [-0.2, 0) is 4.74 Å². The van der Waals surface area contributed by atoms with Crippen molar-refractivity contribution < 1.29 is 4.74 Å². The van der Waals surface area contributed by atoms with Crippen LogP contribution in [0, 0.1) is 0 Å². The summed E-state index contributed by atoms with van der Waals surface area (Å²) in [5.74, 6) is 0.534. The summed E-state index contributed by atoms with van der Waals surface area (Å²) in [7, 11) is 1.63. The van der Waals surface area contributed by atoms with Gasteiger partial charge in [-0.2, -0.15) is 0 Å². The lowest BCUT2D eigenvalue weighted by Crippen LogP contribution is -2.29. The monoisotopic (exact) mass is 194 g/mol. The van der Waals surface area contributed by atoms with Crippen molar-refractivity contribution in [1.29, 1.82) is 0 Å². The van der Waals surface area contributed by atoms with Gasteiger partial charge in [-0.05, 0) is 12.1 Å². The maximum absolute atomic E-state index is 5.71. The first-order valence-corrected chi connectivity index (χ1v) is 4.82. The molecule has 2 rings (SSSR count). The molecule has 0 aliphatic carbocycles. The molecule has 0 aromatic heterocycles. The Morgan fingerprint density at radius 1 is 1.46 bits per heavy atom. The fraction of sp³-hybridized carbons (Fsp3) is 0.222. The Labute approximate surface area is 81.0 Å². The topological polar surface area (TPSA) is 47.6 Å². The van der Waals surface area contributed by atoms with E-state index in [4.69, 9.17) is 10.5 Å². The van der Waals surface area contributed by atoms with Gasteiger partial charge in [0.05, 0.1) is 5.69 Å². The number of aliphatic imine (C=N–C) groups is 1. The third-order valence-corrected chi connectivity index (χ3v) is 3.05. The Hall–Kier alpha value is -1.00. The molecule has 2 N–H and O–H groups in total. The lowest BCUT2D eigenvalue weighted by Gasteiger charge is -2.19. The second kappa shape index (κ2) is 3.40. The van der Waals surface area contributed by atoms with Gasteiger partial charge in [0.1, 0.15) is 5.84 Å². The summed E-state index contributed by atoms with van der Waals surface area (Å²) in [6.45, 7) is 0. The summed E-state index contributed by atoms with van der Waals surface area (Å²) in [5, 5.41) is 0. The van der Waals surface area contributed by atoms with Gasteiger partial charge >= 0.3 is 0 Å². The smallest absolute Gasteiger partial charge is 0.164 e. The van der Waals surface area contributed by atoms with Crippen LogP contribution in [0.5, 0.6) is 0 Å². The molecule has 0 amide bonds. The van der Waals surface area contributed by atoms with E-state index in [0.717, 1.165) is 10.6 Å². The highest BCUT2D eigenvalue weighted by Crippen LogP contribution is 2.36. The Bertz CT molecular complexity index is 351. The molecular weight excluding hydrogens is 184 g/mol. The van der Waals surface area contributed by atoms with Crippen LogP contribution in [0.4, 0.5) is 5.69 Å². The van der Waals surface area contributed by atoms with Gasteiger partial charge in [0.15, 0.2) is 5.44 Å². The highest BCUT2D eigenvalue weighted by molar-refractivity contribution is 8.00. The average molecular weight is 194 g/mol. The normalized spacial score (nSPS) is 20.7. The third-order valence-electron chi connectivity index (χ3n) is 1.80. The van der Waals surface area contributed by atoms with E-state index in [-0.39, 0.29) is 5.44 Å². The summed E-state index contributed by atoms with van der Waals surface area (Å²) >= 11 is 1.59. The van der Waals surface area contributed by atoms with Crippen LogP contribution in [0.2, 0.25) is 0 Å². The van der Waals surface area contributed by atoms with Crippen molar-refractivity contribution in [2.75, 3.05) is 7.11 Å². The van der Waals surface area contributed by atoms with Gasteiger partial charge in [0.25, 0.3) is 0 Å². The number of methoxy groups -OCH3 is 1. The highest BCUT2D eigenvalue weighted by atomic mass is 32.2. The molecule has 1 aliphatic heterocycles. The van der Waals surface area contributed by atoms with E-state index in [2.05, 4.69) is 4.99 Å². The number of nitrogens with two attached hydrogens (primary N) is 1. The molecule has 0 bridgehead atoms. The first-order chi connectivity index (χ1) is 6.31. The molecular formula is C9H10N2OS. The number of amidine groups is 1. The molecule has 1 aliphatic rings. The van der Waals surface area contributed by atoms with E-state index in [9.17, 15) is 0 Å². The standard InChI is InChI=1S/C9H10N2OS/c1-12-9-8(10)11-6-4-2-3-5-7(6)13-9/h2-5,9H,1H3,(H2,10,11). The number of benzene rings is 1. The van der Waals surface area contributed by atoms with E-state index in [1.807, 2.05) is 24.3 Å². The number of thioether (sulfide) groups is 1. The maximum Gasteiger partial charge on any atom is 0.164 e. The number of hydrogen-bond acceptors (Lipinski definition) is 4. The fourth-order valence-corrected chi connectivity index (χ4v) is 2.08. The lowest BCUT2D eigenvalue weighted by atomic mass is 10.3. The van der Waals surface area contributed by atoms with Crippen LogP contribution >= 0.6 is 11.8 Å². The second-order valence-corrected chi connectivity index (χ2v) is 3.79. The summed E-state index contributed by atoms with van der Waals surface area (Å²) in [5.41, 5.74) is 6.49. The summed E-state index contributed by atoms with van der Waals surface area (Å²) < 4.78 is 5.17. The van der Waals surface area contributed by atoms with Gasteiger partial charge in [-0.25, -0.2) is 4.99 Å². The molecule has 1 unspecified atom stereocenters. The summed E-state index contributed by atoms with van der Waals surface area (Å²) in [6, 6.07) is 7.89. The minimum absolute atomic E-state index is 0.144. The van der Waals surface area contributed by atoms with E-state index < -0.39 is 0 Å². The van der Waals surface area contributed by atoms with E-state index in [0.29, 0.717) is 5.84 Å². The predicted octanol–water partition coefficient (Wildman–Crippen LogP) is 1.75. The Balaban J connectivity index is 2.40. The number of para-hydroxylation sites is 1. The van der Waals surface area contributed by atoms with Gasteiger partial charge in [-0.3, -0.25) is 0 Å². The third kappa shape index (κ3) is 1.55. The molecule has 0 saturated heterocycles. The van der Waals surface area contributed by atoms with Crippen molar-refractivity contribution >= 4 is 23.3 Å². The Morgan fingerprint density at radius 3 is 3.00 bits per heavy atom. The SMILES string of the molecule is COC1Sc2ccccc2N=C1N. The first-order valence-electron chi connectivity index (χ1n) is 3.94. The Kier molecular flexibility index (Phi) is 2.24. The molecule has 4 heteroatoms. The van der Waals surface area contributed by atoms with Crippen molar-refractivity contribution in [2.45, 2.75) is 10.3 Å². The van der Waals surface area contributed by atoms with Gasteiger partial charge in [-0.1, -0.05) is 23.9 Å². The largest absolute Gasteiger partial charge is 0.384 e. The molecule has 1 atom stereocenters. The number of fused-ring (bicyclic) bond motifs is 1. The number of hydrogen-bond donors (Lipinski definition) is 1. The quantitative estimate of drug-likeness (QED) is 0.741. The molecule has 3 nitrogen and oxygen atoms in total. The zero-order valence-corrected chi connectivity index (χ0v) is 8.04. The van der Waals surface area contributed by atoms with E-state index in [1.54, 1.807) is 18.9 Å². The minimum atomic E-state index is -0.144. The average Bonchev–Trinajstić information content (AvgIpc) is 2.17.